The van der Waals surface area contributed by atoms with Crippen LogP contribution in [0.5, 0.6) is 5.75 Å². The minimum Gasteiger partial charge on any atom is -0.489 e. The fourth-order valence-electron chi connectivity index (χ4n) is 2.97. The predicted octanol–water partition coefficient (Wildman–Crippen LogP) is 6.51. The number of hydrogen-bond acceptors (Lipinski definition) is 3. The standard InChI is InChI=1S/C24H31FO3/c1-2-3-4-5-6-10-13-23(18-25)28-24(26)21-14-16-22(17-15-21)27-19-20-11-8-7-9-12-20/h7-9,11-12,14-17,23H,2-6,10,13,18-19H2,1H3. The summed E-state index contributed by atoms with van der Waals surface area (Å²) in [4.78, 5) is 12.2. The third kappa shape index (κ3) is 8.12. The van der Waals surface area contributed by atoms with Gasteiger partial charge in [0, 0.05) is 0 Å². The second-order valence-corrected chi connectivity index (χ2v) is 7.04. The van der Waals surface area contributed by atoms with Crippen LogP contribution in [-0.2, 0) is 11.3 Å². The van der Waals surface area contributed by atoms with Crippen molar-refractivity contribution in [3.63, 3.8) is 0 Å². The smallest absolute Gasteiger partial charge is 0.338 e. The molecule has 0 radical (unpaired) electrons. The quantitative estimate of drug-likeness (QED) is 0.291. The van der Waals surface area contributed by atoms with Crippen molar-refractivity contribution < 1.29 is 18.7 Å². The van der Waals surface area contributed by atoms with Crippen molar-refractivity contribution >= 4 is 5.97 Å². The van der Waals surface area contributed by atoms with E-state index in [1.807, 2.05) is 30.3 Å². The first-order valence-electron chi connectivity index (χ1n) is 10.3. The second-order valence-electron chi connectivity index (χ2n) is 7.04. The minimum absolute atomic E-state index is 0.411. The summed E-state index contributed by atoms with van der Waals surface area (Å²) < 4.78 is 24.2. The van der Waals surface area contributed by atoms with Crippen molar-refractivity contribution in [2.45, 2.75) is 64.6 Å². The topological polar surface area (TPSA) is 35.5 Å². The number of esters is 1. The van der Waals surface area contributed by atoms with Gasteiger partial charge in [-0.05, 0) is 42.7 Å². The van der Waals surface area contributed by atoms with Crippen LogP contribution >= 0.6 is 0 Å². The Kier molecular flexibility index (Phi) is 10.1. The predicted molar refractivity (Wildman–Crippen MR) is 110 cm³/mol. The van der Waals surface area contributed by atoms with Gasteiger partial charge in [-0.1, -0.05) is 69.4 Å². The van der Waals surface area contributed by atoms with Crippen molar-refractivity contribution in [1.82, 2.24) is 0 Å². The first kappa shape index (κ1) is 21.9. The number of hydrogen-bond donors (Lipinski definition) is 0. The van der Waals surface area contributed by atoms with Gasteiger partial charge in [0.15, 0.2) is 0 Å². The molecule has 0 fully saturated rings. The molecule has 0 saturated carbocycles. The lowest BCUT2D eigenvalue weighted by atomic mass is 10.1. The monoisotopic (exact) mass is 386 g/mol. The molecule has 28 heavy (non-hydrogen) atoms. The molecule has 0 aliphatic carbocycles. The van der Waals surface area contributed by atoms with Crippen LogP contribution in [-0.4, -0.2) is 18.7 Å². The number of alkyl halides is 1. The van der Waals surface area contributed by atoms with Crippen LogP contribution in [0.3, 0.4) is 0 Å². The van der Waals surface area contributed by atoms with Gasteiger partial charge in [0.25, 0.3) is 0 Å². The molecule has 2 rings (SSSR count). The molecule has 0 aromatic heterocycles. The molecule has 2 aromatic rings. The zero-order chi connectivity index (χ0) is 20.0. The average molecular weight is 387 g/mol. The van der Waals surface area contributed by atoms with E-state index < -0.39 is 18.7 Å². The lowest BCUT2D eigenvalue weighted by Crippen LogP contribution is -2.20. The van der Waals surface area contributed by atoms with Crippen molar-refractivity contribution in [2.75, 3.05) is 6.67 Å². The normalized spacial score (nSPS) is 11.8. The molecule has 0 bridgehead atoms. The molecule has 1 atom stereocenters. The summed E-state index contributed by atoms with van der Waals surface area (Å²) in [6.45, 7) is 2.01. The van der Waals surface area contributed by atoms with E-state index in [9.17, 15) is 9.18 Å². The molecule has 0 heterocycles. The van der Waals surface area contributed by atoms with Gasteiger partial charge in [0.1, 0.15) is 25.1 Å². The molecule has 0 aliphatic heterocycles. The van der Waals surface area contributed by atoms with Crippen LogP contribution in [0.15, 0.2) is 54.6 Å². The molecular formula is C24H31FO3. The molecule has 152 valence electrons. The number of ether oxygens (including phenoxy) is 2. The number of halogens is 1. The zero-order valence-electron chi connectivity index (χ0n) is 16.7. The van der Waals surface area contributed by atoms with Crippen LogP contribution in [0.1, 0.15) is 67.8 Å². The Morgan fingerprint density at radius 3 is 2.29 bits per heavy atom. The Labute approximate surface area is 167 Å². The summed E-state index contributed by atoms with van der Waals surface area (Å²) in [5, 5.41) is 0. The van der Waals surface area contributed by atoms with E-state index in [2.05, 4.69) is 6.92 Å². The summed E-state index contributed by atoms with van der Waals surface area (Å²) in [6.07, 6.45) is 6.69. The highest BCUT2D eigenvalue weighted by Gasteiger charge is 2.16. The largest absolute Gasteiger partial charge is 0.489 e. The first-order chi connectivity index (χ1) is 13.7. The Bertz CT molecular complexity index is 670. The highest BCUT2D eigenvalue weighted by Crippen LogP contribution is 2.17. The van der Waals surface area contributed by atoms with E-state index in [0.717, 1.165) is 24.8 Å². The van der Waals surface area contributed by atoms with Crippen LogP contribution < -0.4 is 4.74 Å². The maximum absolute atomic E-state index is 13.2. The molecule has 0 aliphatic rings. The fourth-order valence-corrected chi connectivity index (χ4v) is 2.97. The molecule has 4 heteroatoms. The van der Waals surface area contributed by atoms with Gasteiger partial charge in [0.2, 0.25) is 0 Å². The zero-order valence-corrected chi connectivity index (χ0v) is 16.7. The van der Waals surface area contributed by atoms with E-state index in [1.54, 1.807) is 24.3 Å². The lowest BCUT2D eigenvalue weighted by molar-refractivity contribution is 0.0211. The van der Waals surface area contributed by atoms with Crippen LogP contribution in [0, 0.1) is 0 Å². The van der Waals surface area contributed by atoms with Crippen molar-refractivity contribution in [2.24, 2.45) is 0 Å². The summed E-state index contributed by atoms with van der Waals surface area (Å²) in [5.41, 5.74) is 1.49. The van der Waals surface area contributed by atoms with E-state index >= 15 is 0 Å². The molecule has 1 unspecified atom stereocenters. The van der Waals surface area contributed by atoms with Crippen molar-refractivity contribution in [1.29, 1.82) is 0 Å². The van der Waals surface area contributed by atoms with E-state index in [-0.39, 0.29) is 0 Å². The highest BCUT2D eigenvalue weighted by atomic mass is 19.1. The van der Waals surface area contributed by atoms with Gasteiger partial charge in [0.05, 0.1) is 5.56 Å². The number of carbonyl (C=O) groups is 1. The van der Waals surface area contributed by atoms with Gasteiger partial charge in [-0.25, -0.2) is 9.18 Å². The molecule has 0 spiro atoms. The molecule has 0 amide bonds. The molecule has 2 aromatic carbocycles. The van der Waals surface area contributed by atoms with E-state index in [1.165, 1.54) is 19.3 Å². The summed E-state index contributed by atoms with van der Waals surface area (Å²) in [6, 6.07) is 16.6. The van der Waals surface area contributed by atoms with Crippen molar-refractivity contribution in [3.05, 3.63) is 65.7 Å². The lowest BCUT2D eigenvalue weighted by Gasteiger charge is -2.15. The van der Waals surface area contributed by atoms with E-state index in [4.69, 9.17) is 9.47 Å². The maximum Gasteiger partial charge on any atom is 0.338 e. The number of benzene rings is 2. The fraction of sp³-hybridized carbons (Fsp3) is 0.458. The number of rotatable bonds is 13. The molecule has 0 saturated heterocycles. The van der Waals surface area contributed by atoms with Crippen LogP contribution in [0.4, 0.5) is 4.39 Å². The Morgan fingerprint density at radius 1 is 0.929 bits per heavy atom. The Balaban J connectivity index is 1.74. The maximum atomic E-state index is 13.2. The van der Waals surface area contributed by atoms with E-state index in [0.29, 0.717) is 24.3 Å². The summed E-state index contributed by atoms with van der Waals surface area (Å²) in [7, 11) is 0. The SMILES string of the molecule is CCCCCCCCC(CF)OC(=O)c1ccc(OCc2ccccc2)cc1. The van der Waals surface area contributed by atoms with Crippen LogP contribution in [0.2, 0.25) is 0 Å². The number of carbonyl (C=O) groups excluding carboxylic acids is 1. The highest BCUT2D eigenvalue weighted by molar-refractivity contribution is 5.89. The Hall–Kier alpha value is -2.36. The minimum atomic E-state index is -0.660. The third-order valence-electron chi connectivity index (χ3n) is 4.66. The molecule has 0 N–H and O–H groups in total. The second kappa shape index (κ2) is 12.9. The molecular weight excluding hydrogens is 355 g/mol. The average Bonchev–Trinajstić information content (AvgIpc) is 2.74. The summed E-state index contributed by atoms with van der Waals surface area (Å²) in [5.74, 6) is 0.192. The summed E-state index contributed by atoms with van der Waals surface area (Å²) >= 11 is 0. The molecule has 3 nitrogen and oxygen atoms in total. The van der Waals surface area contributed by atoms with Gasteiger partial charge in [-0.3, -0.25) is 0 Å². The van der Waals surface area contributed by atoms with Gasteiger partial charge in [-0.2, -0.15) is 0 Å². The van der Waals surface area contributed by atoms with Gasteiger partial charge >= 0.3 is 5.97 Å². The number of unbranched alkanes of at least 4 members (excludes halogenated alkanes) is 5. The Morgan fingerprint density at radius 2 is 1.61 bits per heavy atom. The van der Waals surface area contributed by atoms with Gasteiger partial charge in [-0.15, -0.1) is 0 Å². The van der Waals surface area contributed by atoms with Gasteiger partial charge < -0.3 is 9.47 Å². The van der Waals surface area contributed by atoms with Crippen LogP contribution in [0.25, 0.3) is 0 Å². The third-order valence-corrected chi connectivity index (χ3v) is 4.66. The van der Waals surface area contributed by atoms with Crippen molar-refractivity contribution in [3.8, 4) is 5.75 Å². The first-order valence-corrected chi connectivity index (χ1v) is 10.3.